The van der Waals surface area contributed by atoms with Gasteiger partial charge in [0.1, 0.15) is 30.7 Å². The number of nitriles is 1. The Morgan fingerprint density at radius 1 is 1.00 bits per heavy atom. The van der Waals surface area contributed by atoms with Crippen molar-refractivity contribution in [2.75, 3.05) is 26.4 Å². The van der Waals surface area contributed by atoms with E-state index in [1.807, 2.05) is 6.07 Å². The molecule has 3 heterocycles. The van der Waals surface area contributed by atoms with Crippen molar-refractivity contribution >= 4 is 13.3 Å². The summed E-state index contributed by atoms with van der Waals surface area (Å²) < 4.78 is 35.0. The Bertz CT molecular complexity index is 1170. The van der Waals surface area contributed by atoms with Crippen LogP contribution in [0.5, 0.6) is 0 Å². The molecule has 1 aliphatic rings. The highest BCUT2D eigenvalue weighted by Crippen LogP contribution is 2.46. The van der Waals surface area contributed by atoms with Crippen molar-refractivity contribution in [1.29, 1.82) is 5.26 Å². The first-order chi connectivity index (χ1) is 20.3. The Kier molecular flexibility index (Phi) is 14.3. The number of fused-ring (bicyclic) bond motifs is 1. The minimum absolute atomic E-state index is 0.132. The number of phosphoric acid groups is 1. The maximum atomic E-state index is 12.3. The summed E-state index contributed by atoms with van der Waals surface area (Å²) in [5.41, 5.74) is -0.550. The molecule has 3 N–H and O–H groups in total. The van der Waals surface area contributed by atoms with Crippen molar-refractivity contribution in [2.45, 2.75) is 115 Å². The van der Waals surface area contributed by atoms with Crippen molar-refractivity contribution in [2.24, 2.45) is 0 Å². The lowest BCUT2D eigenvalue weighted by molar-refractivity contribution is -0.0646. The van der Waals surface area contributed by atoms with Crippen LogP contribution in [-0.4, -0.2) is 74.4 Å². The predicted molar refractivity (Wildman–Crippen MR) is 156 cm³/mol. The van der Waals surface area contributed by atoms with Crippen molar-refractivity contribution in [3.63, 3.8) is 0 Å². The number of aryl methyl sites for hydroxylation is 1. The number of aliphatic hydroxyl groups excluding tert-OH is 2. The summed E-state index contributed by atoms with van der Waals surface area (Å²) >= 11 is 0. The smallest absolute Gasteiger partial charge is 0.387 e. The van der Waals surface area contributed by atoms with Gasteiger partial charge in [-0.05, 0) is 25.5 Å². The van der Waals surface area contributed by atoms with Gasteiger partial charge in [-0.2, -0.15) is 10.4 Å². The fourth-order valence-electron chi connectivity index (χ4n) is 5.22. The number of hydrogen-bond acceptors (Lipinski definition) is 10. The van der Waals surface area contributed by atoms with Gasteiger partial charge in [-0.3, -0.25) is 9.05 Å². The van der Waals surface area contributed by atoms with Gasteiger partial charge in [0.25, 0.3) is 0 Å². The molecule has 2 aromatic rings. The van der Waals surface area contributed by atoms with Crippen molar-refractivity contribution < 1.29 is 38.2 Å². The number of aromatic nitrogens is 3. The summed E-state index contributed by atoms with van der Waals surface area (Å²) in [6.07, 6.45) is 11.9. The molecule has 1 unspecified atom stereocenters. The molecular formula is C29H47N4O8P. The summed E-state index contributed by atoms with van der Waals surface area (Å²) in [4.78, 5) is 14.2. The minimum Gasteiger partial charge on any atom is -0.387 e. The maximum absolute atomic E-state index is 12.3. The van der Waals surface area contributed by atoms with Gasteiger partial charge >= 0.3 is 7.82 Å². The van der Waals surface area contributed by atoms with Crippen molar-refractivity contribution in [1.82, 2.24) is 14.6 Å². The van der Waals surface area contributed by atoms with E-state index in [1.165, 1.54) is 75.1 Å². The van der Waals surface area contributed by atoms with Crippen LogP contribution in [0.3, 0.4) is 0 Å². The largest absolute Gasteiger partial charge is 0.472 e. The molecule has 5 atom stereocenters. The number of unbranched alkanes of at least 4 members (excludes halogenated alkanes) is 11. The lowest BCUT2D eigenvalue weighted by Crippen LogP contribution is -2.41. The fraction of sp³-hybridized carbons (Fsp3) is 0.759. The van der Waals surface area contributed by atoms with Crippen LogP contribution in [0, 0.1) is 18.3 Å². The summed E-state index contributed by atoms with van der Waals surface area (Å²) in [5.74, 6) is 0. The number of rotatable bonds is 21. The molecule has 1 fully saturated rings. The first-order valence-electron chi connectivity index (χ1n) is 15.2. The molecule has 1 aliphatic heterocycles. The van der Waals surface area contributed by atoms with E-state index in [1.54, 1.807) is 19.1 Å². The normalized spacial score (nSPS) is 23.8. The summed E-state index contributed by atoms with van der Waals surface area (Å²) in [6.45, 7) is 3.94. The second-order valence-corrected chi connectivity index (χ2v) is 12.4. The monoisotopic (exact) mass is 610 g/mol. The highest BCUT2D eigenvalue weighted by molar-refractivity contribution is 7.47. The Balaban J connectivity index is 1.30. The van der Waals surface area contributed by atoms with Gasteiger partial charge in [0.2, 0.25) is 5.60 Å². The second kappa shape index (κ2) is 17.4. The zero-order valence-corrected chi connectivity index (χ0v) is 25.8. The molecular weight excluding hydrogens is 563 g/mol. The number of ether oxygens (including phenoxy) is 2. The van der Waals surface area contributed by atoms with E-state index >= 15 is 0 Å². The highest BCUT2D eigenvalue weighted by Gasteiger charge is 2.57. The molecule has 0 aliphatic carbocycles. The first kappa shape index (κ1) is 34.5. The topological polar surface area (TPSA) is 169 Å². The van der Waals surface area contributed by atoms with E-state index in [9.17, 15) is 24.9 Å². The lowest BCUT2D eigenvalue weighted by Gasteiger charge is -2.24. The van der Waals surface area contributed by atoms with Gasteiger partial charge in [-0.25, -0.2) is 14.1 Å². The molecule has 0 radical (unpaired) electrons. The van der Waals surface area contributed by atoms with E-state index in [4.69, 9.17) is 18.5 Å². The third kappa shape index (κ3) is 9.53. The van der Waals surface area contributed by atoms with Gasteiger partial charge in [-0.1, -0.05) is 77.6 Å². The van der Waals surface area contributed by atoms with E-state index < -0.39 is 38.3 Å². The Morgan fingerprint density at radius 3 is 2.29 bits per heavy atom. The third-order valence-corrected chi connectivity index (χ3v) is 8.66. The van der Waals surface area contributed by atoms with E-state index in [-0.39, 0.29) is 18.9 Å². The summed E-state index contributed by atoms with van der Waals surface area (Å²) in [7, 11) is -4.50. The van der Waals surface area contributed by atoms with E-state index in [0.717, 1.165) is 12.8 Å². The summed E-state index contributed by atoms with van der Waals surface area (Å²) in [6, 6.07) is 5.16. The molecule has 0 aromatic carbocycles. The number of aliphatic hydroxyl groups is 2. The number of nitrogens with zero attached hydrogens (tertiary/aromatic N) is 4. The second-order valence-electron chi connectivity index (χ2n) is 10.9. The van der Waals surface area contributed by atoms with Crippen LogP contribution in [0.1, 0.15) is 95.4 Å². The van der Waals surface area contributed by atoms with Crippen LogP contribution in [0.4, 0.5) is 0 Å². The molecule has 42 heavy (non-hydrogen) atoms. The zero-order chi connectivity index (χ0) is 30.4. The average molecular weight is 611 g/mol. The maximum Gasteiger partial charge on any atom is 0.472 e. The van der Waals surface area contributed by atoms with E-state index in [2.05, 4.69) is 17.0 Å². The average Bonchev–Trinajstić information content (AvgIpc) is 3.52. The van der Waals surface area contributed by atoms with Crippen LogP contribution in [0.15, 0.2) is 18.5 Å². The van der Waals surface area contributed by atoms with Crippen LogP contribution in [0.25, 0.3) is 5.52 Å². The molecule has 0 spiro atoms. The zero-order valence-electron chi connectivity index (χ0n) is 24.9. The summed E-state index contributed by atoms with van der Waals surface area (Å²) in [5, 5.41) is 35.5. The predicted octanol–water partition coefficient (Wildman–Crippen LogP) is 4.73. The number of hydrogen-bond donors (Lipinski definition) is 3. The van der Waals surface area contributed by atoms with Crippen molar-refractivity contribution in [3.8, 4) is 6.07 Å². The highest BCUT2D eigenvalue weighted by atomic mass is 31.2. The van der Waals surface area contributed by atoms with Crippen LogP contribution in [-0.2, 0) is 28.7 Å². The first-order valence-corrected chi connectivity index (χ1v) is 16.7. The molecule has 1 saturated heterocycles. The minimum atomic E-state index is -4.50. The van der Waals surface area contributed by atoms with Gasteiger partial charge in [0.05, 0.1) is 36.7 Å². The fourth-order valence-corrected chi connectivity index (χ4v) is 5.93. The quantitative estimate of drug-likeness (QED) is 0.132. The molecule has 0 amide bonds. The third-order valence-electron chi connectivity index (χ3n) is 7.68. The molecule has 12 nitrogen and oxygen atoms in total. The van der Waals surface area contributed by atoms with Gasteiger partial charge in [0, 0.05) is 6.61 Å². The molecule has 236 valence electrons. The standard InChI is InChI=1S/C29H47N4O8P/c1-3-4-5-6-7-8-9-10-11-12-13-14-17-38-18-19-39-42(36,37)40-20-25-27(34)28(35)29(21-30,41-25)26-16-15-24-23(2)31-22-32-33(24)26/h15-16,22,25,27-28,34-35H,3-14,17-20H2,1-2H3,(H,36,37)/t25-,27-,28-,29+/m1/s1. The molecule has 0 bridgehead atoms. The Hall–Kier alpha value is -1.94. The Labute approximate surface area is 248 Å². The van der Waals surface area contributed by atoms with Crippen LogP contribution >= 0.6 is 7.82 Å². The van der Waals surface area contributed by atoms with Gasteiger partial charge in [-0.15, -0.1) is 0 Å². The van der Waals surface area contributed by atoms with Gasteiger partial charge < -0.3 is 24.6 Å². The van der Waals surface area contributed by atoms with Crippen LogP contribution < -0.4 is 0 Å². The lowest BCUT2D eigenvalue weighted by atomic mass is 9.92. The van der Waals surface area contributed by atoms with Crippen LogP contribution in [0.2, 0.25) is 0 Å². The molecule has 2 aromatic heterocycles. The molecule has 0 saturated carbocycles. The SMILES string of the molecule is CCCCCCCCCCCCCCOCCOP(=O)(O)OC[C@H]1O[C@@](C#N)(c2ccc3c(C)ncnn23)[C@H](O)[C@@H]1O. The van der Waals surface area contributed by atoms with E-state index in [0.29, 0.717) is 17.8 Å². The molecule has 13 heteroatoms. The molecule has 3 rings (SSSR count). The van der Waals surface area contributed by atoms with Crippen molar-refractivity contribution in [3.05, 3.63) is 29.8 Å². The number of phosphoric ester groups is 1. The Morgan fingerprint density at radius 2 is 1.64 bits per heavy atom. The van der Waals surface area contributed by atoms with Gasteiger partial charge in [0.15, 0.2) is 0 Å².